The Kier molecular flexibility index (Phi) is 8.98. The van der Waals surface area contributed by atoms with Crippen LogP contribution in [0.1, 0.15) is 23.3 Å². The second kappa shape index (κ2) is 9.94. The average Bonchev–Trinajstić information content (AvgIpc) is 3.16. The van der Waals surface area contributed by atoms with Crippen molar-refractivity contribution in [2.75, 3.05) is 26.7 Å². The molecule has 0 bridgehead atoms. The highest BCUT2D eigenvalue weighted by Gasteiger charge is 2.25. The summed E-state index contributed by atoms with van der Waals surface area (Å²) in [5.74, 6) is 0.586. The van der Waals surface area contributed by atoms with E-state index in [1.165, 1.54) is 29.1 Å². The zero-order chi connectivity index (χ0) is 15.5. The van der Waals surface area contributed by atoms with E-state index in [-0.39, 0.29) is 30.7 Å². The van der Waals surface area contributed by atoms with Crippen molar-refractivity contribution in [1.29, 1.82) is 0 Å². The molecule has 0 aliphatic carbocycles. The predicted molar refractivity (Wildman–Crippen MR) is 107 cm³/mol. The van der Waals surface area contributed by atoms with E-state index in [0.717, 1.165) is 40.3 Å². The molecule has 0 aromatic carbocycles. The number of nitrogens with one attached hydrogen (secondary N) is 1. The molecule has 1 unspecified atom stereocenters. The SMILES string of the molecule is CNCC1CCCN(C(=O)c2csc(-c3ccc(Cl)s3)n2)C1.Cl.Cl. The number of piperidine rings is 1. The van der Waals surface area contributed by atoms with Crippen LogP contribution in [0, 0.1) is 5.92 Å². The van der Waals surface area contributed by atoms with Gasteiger partial charge in [0, 0.05) is 18.5 Å². The van der Waals surface area contributed by atoms with Gasteiger partial charge in [-0.2, -0.15) is 0 Å². The zero-order valence-corrected chi connectivity index (χ0v) is 17.2. The van der Waals surface area contributed by atoms with E-state index in [9.17, 15) is 4.79 Å². The predicted octanol–water partition coefficient (Wildman–Crippen LogP) is 4.44. The molecule has 3 rings (SSSR count). The lowest BCUT2D eigenvalue weighted by molar-refractivity contribution is 0.0669. The second-order valence-corrected chi connectivity index (χ2v) is 8.03. The third-order valence-corrected chi connectivity index (χ3v) is 6.05. The van der Waals surface area contributed by atoms with Crippen molar-refractivity contribution in [2.24, 2.45) is 5.92 Å². The van der Waals surface area contributed by atoms with Crippen LogP contribution in [0.3, 0.4) is 0 Å². The van der Waals surface area contributed by atoms with Crippen LogP contribution in [0.25, 0.3) is 9.88 Å². The Bertz CT molecular complexity index is 660. The summed E-state index contributed by atoms with van der Waals surface area (Å²) in [5.41, 5.74) is 0.551. The molecule has 0 saturated carbocycles. The largest absolute Gasteiger partial charge is 0.337 e. The number of rotatable bonds is 4. The number of amides is 1. The Morgan fingerprint density at radius 2 is 2.25 bits per heavy atom. The average molecular weight is 429 g/mol. The van der Waals surface area contributed by atoms with E-state index in [1.54, 1.807) is 0 Å². The first-order valence-corrected chi connectivity index (χ1v) is 9.40. The van der Waals surface area contributed by atoms with Crippen LogP contribution >= 0.6 is 59.1 Å². The fourth-order valence-electron chi connectivity index (χ4n) is 2.78. The van der Waals surface area contributed by atoms with Gasteiger partial charge in [-0.25, -0.2) is 4.98 Å². The normalized spacial score (nSPS) is 17.1. The highest BCUT2D eigenvalue weighted by Crippen LogP contribution is 2.33. The minimum absolute atomic E-state index is 0. The lowest BCUT2D eigenvalue weighted by Crippen LogP contribution is -2.42. The first-order chi connectivity index (χ1) is 10.7. The van der Waals surface area contributed by atoms with E-state index >= 15 is 0 Å². The van der Waals surface area contributed by atoms with E-state index < -0.39 is 0 Å². The van der Waals surface area contributed by atoms with Gasteiger partial charge in [0.2, 0.25) is 0 Å². The fourth-order valence-corrected chi connectivity index (χ4v) is 4.69. The maximum absolute atomic E-state index is 12.6. The van der Waals surface area contributed by atoms with Crippen LogP contribution in [0.5, 0.6) is 0 Å². The zero-order valence-electron chi connectivity index (χ0n) is 13.2. The fraction of sp³-hybridized carbons (Fsp3) is 0.467. The van der Waals surface area contributed by atoms with Gasteiger partial charge in [-0.3, -0.25) is 4.79 Å². The minimum atomic E-state index is 0. The number of likely N-dealkylation sites (tertiary alicyclic amines) is 1. The van der Waals surface area contributed by atoms with Crippen molar-refractivity contribution in [2.45, 2.75) is 12.8 Å². The smallest absolute Gasteiger partial charge is 0.273 e. The third kappa shape index (κ3) is 5.07. The molecule has 134 valence electrons. The van der Waals surface area contributed by atoms with E-state index in [4.69, 9.17) is 11.6 Å². The molecule has 4 nitrogen and oxygen atoms in total. The first-order valence-electron chi connectivity index (χ1n) is 7.32. The topological polar surface area (TPSA) is 45.2 Å². The van der Waals surface area contributed by atoms with Crippen molar-refractivity contribution in [3.05, 3.63) is 27.5 Å². The lowest BCUT2D eigenvalue weighted by Gasteiger charge is -2.32. The second-order valence-electron chi connectivity index (χ2n) is 5.46. The first kappa shape index (κ1) is 21.7. The number of thiophene rings is 1. The molecule has 1 amide bonds. The minimum Gasteiger partial charge on any atom is -0.337 e. The van der Waals surface area contributed by atoms with Crippen molar-refractivity contribution in [3.63, 3.8) is 0 Å². The Labute approximate surface area is 167 Å². The number of aromatic nitrogens is 1. The maximum Gasteiger partial charge on any atom is 0.273 e. The number of carbonyl (C=O) groups excluding carboxylic acids is 1. The van der Waals surface area contributed by atoms with Crippen LogP contribution in [0.15, 0.2) is 17.5 Å². The molecule has 1 atom stereocenters. The molecule has 9 heteroatoms. The van der Waals surface area contributed by atoms with Gasteiger partial charge in [0.05, 0.1) is 9.21 Å². The molecule has 0 spiro atoms. The summed E-state index contributed by atoms with van der Waals surface area (Å²) in [5, 5.41) is 5.92. The van der Waals surface area contributed by atoms with Gasteiger partial charge in [0.15, 0.2) is 0 Å². The monoisotopic (exact) mass is 427 g/mol. The molecule has 1 saturated heterocycles. The Balaban J connectivity index is 0.00000144. The molecule has 2 aromatic heterocycles. The van der Waals surface area contributed by atoms with Crippen LogP contribution in [-0.4, -0.2) is 42.5 Å². The standard InChI is InChI=1S/C15H18ClN3OS2.2ClH/c1-17-7-10-3-2-6-19(8-10)15(20)11-9-21-14(18-11)12-4-5-13(16)22-12;;/h4-5,9-10,17H,2-3,6-8H2,1H3;2*1H. The number of nitrogens with zero attached hydrogens (tertiary/aromatic N) is 2. The Morgan fingerprint density at radius 3 is 2.92 bits per heavy atom. The molecule has 2 aromatic rings. The van der Waals surface area contributed by atoms with Crippen LogP contribution in [-0.2, 0) is 0 Å². The molecule has 0 radical (unpaired) electrons. The van der Waals surface area contributed by atoms with Crippen molar-refractivity contribution < 1.29 is 4.79 Å². The van der Waals surface area contributed by atoms with Gasteiger partial charge in [0.1, 0.15) is 10.7 Å². The van der Waals surface area contributed by atoms with Gasteiger partial charge in [0.25, 0.3) is 5.91 Å². The van der Waals surface area contributed by atoms with Gasteiger partial charge in [-0.15, -0.1) is 47.5 Å². The molecule has 24 heavy (non-hydrogen) atoms. The highest BCUT2D eigenvalue weighted by atomic mass is 35.5. The lowest BCUT2D eigenvalue weighted by atomic mass is 9.98. The van der Waals surface area contributed by atoms with Gasteiger partial charge < -0.3 is 10.2 Å². The van der Waals surface area contributed by atoms with Gasteiger partial charge in [-0.05, 0) is 44.5 Å². The van der Waals surface area contributed by atoms with Crippen molar-refractivity contribution in [1.82, 2.24) is 15.2 Å². The summed E-state index contributed by atoms with van der Waals surface area (Å²) >= 11 is 8.95. The Hall–Kier alpha value is -0.370. The summed E-state index contributed by atoms with van der Waals surface area (Å²) < 4.78 is 0.740. The summed E-state index contributed by atoms with van der Waals surface area (Å²) in [6.45, 7) is 2.61. The van der Waals surface area contributed by atoms with E-state index in [1.807, 2.05) is 29.5 Å². The summed E-state index contributed by atoms with van der Waals surface area (Å²) in [7, 11) is 1.96. The number of halogens is 3. The summed E-state index contributed by atoms with van der Waals surface area (Å²) in [6.07, 6.45) is 2.25. The number of carbonyl (C=O) groups is 1. The molecule has 3 heterocycles. The van der Waals surface area contributed by atoms with E-state index in [2.05, 4.69) is 10.3 Å². The molecule has 1 aliphatic heterocycles. The molecule has 1 N–H and O–H groups in total. The molecular formula is C15H20Cl3N3OS2. The van der Waals surface area contributed by atoms with Crippen LogP contribution in [0.4, 0.5) is 0 Å². The molecule has 1 aliphatic rings. The van der Waals surface area contributed by atoms with Gasteiger partial charge in [-0.1, -0.05) is 11.6 Å². The summed E-state index contributed by atoms with van der Waals surface area (Å²) in [4.78, 5) is 20.1. The molecule has 1 fully saturated rings. The van der Waals surface area contributed by atoms with Crippen molar-refractivity contribution >= 4 is 65.0 Å². The summed E-state index contributed by atoms with van der Waals surface area (Å²) in [6, 6.07) is 3.81. The third-order valence-electron chi connectivity index (χ3n) is 3.81. The highest BCUT2D eigenvalue weighted by molar-refractivity contribution is 7.23. The van der Waals surface area contributed by atoms with Crippen LogP contribution in [0.2, 0.25) is 4.34 Å². The van der Waals surface area contributed by atoms with Crippen molar-refractivity contribution in [3.8, 4) is 9.88 Å². The number of thiazole rings is 1. The number of hydrogen-bond donors (Lipinski definition) is 1. The molecular weight excluding hydrogens is 409 g/mol. The quantitative estimate of drug-likeness (QED) is 0.783. The maximum atomic E-state index is 12.6. The van der Waals surface area contributed by atoms with Crippen LogP contribution < -0.4 is 5.32 Å². The number of hydrogen-bond acceptors (Lipinski definition) is 5. The Morgan fingerprint density at radius 1 is 1.46 bits per heavy atom. The van der Waals surface area contributed by atoms with E-state index in [0.29, 0.717) is 11.6 Å². The van der Waals surface area contributed by atoms with Gasteiger partial charge >= 0.3 is 0 Å².